The van der Waals surface area contributed by atoms with Crippen LogP contribution in [0, 0.1) is 0 Å². The van der Waals surface area contributed by atoms with Gasteiger partial charge in [-0.15, -0.1) is 0 Å². The number of rotatable bonds is 0. The Labute approximate surface area is 140 Å². The molecule has 0 spiro atoms. The zero-order valence-electron chi connectivity index (χ0n) is 15.1. The van der Waals surface area contributed by atoms with Crippen LogP contribution >= 0.6 is 0 Å². The number of ether oxygens (including phenoxy) is 1. The van der Waals surface area contributed by atoms with Crippen LogP contribution in [0.25, 0.3) is 0 Å². The van der Waals surface area contributed by atoms with Crippen LogP contribution in [-0.4, -0.2) is 23.4 Å². The molecule has 3 aliphatic heterocycles. The second kappa shape index (κ2) is 6.19. The maximum absolute atomic E-state index is 6.02. The Bertz CT molecular complexity index is 545. The Morgan fingerprint density at radius 2 is 2.04 bits per heavy atom. The first-order chi connectivity index (χ1) is 10.8. The van der Waals surface area contributed by atoms with Gasteiger partial charge in [0.2, 0.25) is 0 Å². The Kier molecular flexibility index (Phi) is 4.56. The number of hydrogen-bond donors (Lipinski definition) is 0. The van der Waals surface area contributed by atoms with E-state index in [0.717, 1.165) is 32.1 Å². The van der Waals surface area contributed by atoms with Crippen molar-refractivity contribution < 1.29 is 14.5 Å². The first kappa shape index (κ1) is 16.9. The summed E-state index contributed by atoms with van der Waals surface area (Å²) in [4.78, 5) is 11.4. The molecule has 0 aromatic carbocycles. The normalized spacial score (nSPS) is 41.1. The largest absolute Gasteiger partial charge is 0.366 e. The molecule has 0 N–H and O–H groups in total. The zero-order valence-corrected chi connectivity index (χ0v) is 15.1. The fourth-order valence-electron chi connectivity index (χ4n) is 3.49. The molecule has 0 saturated carbocycles. The molecule has 1 aliphatic carbocycles. The molecule has 2 fully saturated rings. The van der Waals surface area contributed by atoms with Crippen molar-refractivity contribution in [1.82, 2.24) is 0 Å². The number of fused-ring (bicyclic) bond motifs is 6. The molecular formula is C20H30O3. The SMILES string of the molecule is CC1=CCC(=C(C)C)CC2OC2(C)CC=CC2(C)CCC1OO2. The predicted molar refractivity (Wildman–Crippen MR) is 92.0 cm³/mol. The van der Waals surface area contributed by atoms with Crippen LogP contribution in [0.4, 0.5) is 0 Å². The molecule has 2 bridgehead atoms. The molecule has 0 aromatic heterocycles. The van der Waals surface area contributed by atoms with Crippen molar-refractivity contribution >= 4 is 0 Å². The molecule has 3 nitrogen and oxygen atoms in total. The lowest BCUT2D eigenvalue weighted by Gasteiger charge is -2.34. The van der Waals surface area contributed by atoms with Crippen LogP contribution in [0.1, 0.15) is 66.7 Å². The third kappa shape index (κ3) is 3.78. The van der Waals surface area contributed by atoms with E-state index in [2.05, 4.69) is 52.8 Å². The Hall–Kier alpha value is -0.900. The highest BCUT2D eigenvalue weighted by Gasteiger charge is 2.51. The van der Waals surface area contributed by atoms with E-state index in [1.807, 2.05) is 0 Å². The Morgan fingerprint density at radius 1 is 1.26 bits per heavy atom. The average Bonchev–Trinajstić information content (AvgIpc) is 3.12. The van der Waals surface area contributed by atoms with Crippen molar-refractivity contribution in [3.63, 3.8) is 0 Å². The van der Waals surface area contributed by atoms with Crippen molar-refractivity contribution in [3.8, 4) is 0 Å². The topological polar surface area (TPSA) is 31.0 Å². The molecular weight excluding hydrogens is 288 g/mol. The van der Waals surface area contributed by atoms with Crippen LogP contribution in [0.3, 0.4) is 0 Å². The van der Waals surface area contributed by atoms with Crippen LogP contribution < -0.4 is 0 Å². The minimum absolute atomic E-state index is 0.0194. The van der Waals surface area contributed by atoms with Crippen molar-refractivity contribution in [2.45, 2.75) is 90.1 Å². The summed E-state index contributed by atoms with van der Waals surface area (Å²) >= 11 is 0. The summed E-state index contributed by atoms with van der Waals surface area (Å²) in [6.45, 7) is 10.9. The predicted octanol–water partition coefficient (Wildman–Crippen LogP) is 5.04. The van der Waals surface area contributed by atoms with Gasteiger partial charge in [-0.3, -0.25) is 0 Å². The summed E-state index contributed by atoms with van der Waals surface area (Å²) in [5, 5.41) is 0. The van der Waals surface area contributed by atoms with Crippen molar-refractivity contribution in [2.75, 3.05) is 0 Å². The third-order valence-electron chi connectivity index (χ3n) is 5.60. The molecule has 0 radical (unpaired) electrons. The quantitative estimate of drug-likeness (QED) is 0.356. The monoisotopic (exact) mass is 318 g/mol. The molecule has 4 rings (SSSR count). The van der Waals surface area contributed by atoms with Crippen LogP contribution in [0.5, 0.6) is 0 Å². The van der Waals surface area contributed by atoms with Gasteiger partial charge < -0.3 is 4.74 Å². The van der Waals surface area contributed by atoms with E-state index in [1.165, 1.54) is 16.7 Å². The molecule has 4 unspecified atom stereocenters. The third-order valence-corrected chi connectivity index (χ3v) is 5.60. The number of epoxide rings is 1. The van der Waals surface area contributed by atoms with Crippen molar-refractivity contribution in [3.05, 3.63) is 34.9 Å². The smallest absolute Gasteiger partial charge is 0.119 e. The number of hydrogen-bond acceptors (Lipinski definition) is 3. The highest BCUT2D eigenvalue weighted by Crippen LogP contribution is 2.44. The van der Waals surface area contributed by atoms with Gasteiger partial charge in [0.05, 0.1) is 11.7 Å². The fourth-order valence-corrected chi connectivity index (χ4v) is 3.49. The lowest BCUT2D eigenvalue weighted by atomic mass is 9.89. The summed E-state index contributed by atoms with van der Waals surface area (Å²) in [6.07, 6.45) is 12.0. The lowest BCUT2D eigenvalue weighted by Crippen LogP contribution is -2.36. The van der Waals surface area contributed by atoms with Gasteiger partial charge in [0.15, 0.2) is 0 Å². The molecule has 3 heteroatoms. The van der Waals surface area contributed by atoms with Gasteiger partial charge in [-0.25, -0.2) is 9.78 Å². The van der Waals surface area contributed by atoms with Gasteiger partial charge in [0, 0.05) is 0 Å². The van der Waals surface area contributed by atoms with E-state index in [4.69, 9.17) is 14.5 Å². The van der Waals surface area contributed by atoms with Crippen LogP contribution in [-0.2, 0) is 14.5 Å². The molecule has 128 valence electrons. The van der Waals surface area contributed by atoms with Gasteiger partial charge in [0.1, 0.15) is 11.7 Å². The first-order valence-corrected chi connectivity index (χ1v) is 8.83. The summed E-state index contributed by atoms with van der Waals surface area (Å²) in [5.41, 5.74) is 3.83. The van der Waals surface area contributed by atoms with Gasteiger partial charge in [-0.1, -0.05) is 29.4 Å². The second-order valence-electron chi connectivity index (χ2n) is 8.01. The van der Waals surface area contributed by atoms with E-state index in [-0.39, 0.29) is 17.3 Å². The molecule has 3 heterocycles. The highest BCUT2D eigenvalue weighted by atomic mass is 17.2. The van der Waals surface area contributed by atoms with Gasteiger partial charge in [-0.2, -0.15) is 0 Å². The first-order valence-electron chi connectivity index (χ1n) is 8.83. The second-order valence-corrected chi connectivity index (χ2v) is 8.01. The minimum Gasteiger partial charge on any atom is -0.366 e. The molecule has 4 aliphatic rings. The van der Waals surface area contributed by atoms with Crippen molar-refractivity contribution in [1.29, 1.82) is 0 Å². The summed E-state index contributed by atoms with van der Waals surface area (Å²) in [5.74, 6) is 0. The number of allylic oxidation sites excluding steroid dienone is 2. The van der Waals surface area contributed by atoms with Gasteiger partial charge >= 0.3 is 0 Å². The molecule has 0 amide bonds. The van der Waals surface area contributed by atoms with Crippen molar-refractivity contribution in [2.24, 2.45) is 0 Å². The Morgan fingerprint density at radius 3 is 2.70 bits per heavy atom. The van der Waals surface area contributed by atoms with E-state index in [1.54, 1.807) is 0 Å². The highest BCUT2D eigenvalue weighted by molar-refractivity contribution is 5.22. The van der Waals surface area contributed by atoms with Crippen LogP contribution in [0.15, 0.2) is 34.9 Å². The van der Waals surface area contributed by atoms with Crippen LogP contribution in [0.2, 0.25) is 0 Å². The summed E-state index contributed by atoms with van der Waals surface area (Å²) in [6, 6.07) is 0. The average molecular weight is 318 g/mol. The molecule has 2 saturated heterocycles. The summed E-state index contributed by atoms with van der Waals surface area (Å²) in [7, 11) is 0. The zero-order chi connectivity index (χ0) is 16.7. The van der Waals surface area contributed by atoms with Gasteiger partial charge in [-0.05, 0) is 72.3 Å². The molecule has 23 heavy (non-hydrogen) atoms. The standard InChI is InChI=1S/C20H30O3/c1-14(2)16-8-7-15(3)17-9-12-19(4,23-22-17)10-6-11-20(5)18(13-16)21-20/h6-7,10,17-18H,8-9,11-13H2,1-5H3. The lowest BCUT2D eigenvalue weighted by molar-refractivity contribution is -0.385. The molecule has 4 atom stereocenters. The van der Waals surface area contributed by atoms with Gasteiger partial charge in [0.25, 0.3) is 0 Å². The van der Waals surface area contributed by atoms with E-state index in [0.29, 0.717) is 6.10 Å². The maximum atomic E-state index is 6.02. The van der Waals surface area contributed by atoms with E-state index in [9.17, 15) is 0 Å². The molecule has 0 aromatic rings. The summed E-state index contributed by atoms with van der Waals surface area (Å²) < 4.78 is 6.02. The maximum Gasteiger partial charge on any atom is 0.119 e. The fraction of sp³-hybridized carbons (Fsp3) is 0.700. The van der Waals surface area contributed by atoms with E-state index < -0.39 is 0 Å². The Balaban J connectivity index is 1.84. The minimum atomic E-state index is -0.313. The van der Waals surface area contributed by atoms with E-state index >= 15 is 0 Å².